The smallest absolute Gasteiger partial charge is 0.307 e. The predicted molar refractivity (Wildman–Crippen MR) is 49.1 cm³/mol. The third kappa shape index (κ3) is 4.13. The SMILES string of the molecule is C=CCN(CC)CC(C)C(=O)O. The first-order valence-corrected chi connectivity index (χ1v) is 4.17. The molecule has 0 aliphatic heterocycles. The minimum atomic E-state index is -0.738. The van der Waals surface area contributed by atoms with Gasteiger partial charge in [-0.3, -0.25) is 9.69 Å². The molecule has 12 heavy (non-hydrogen) atoms. The first kappa shape index (κ1) is 11.2. The van der Waals surface area contributed by atoms with E-state index in [1.807, 2.05) is 11.8 Å². The van der Waals surface area contributed by atoms with E-state index in [1.165, 1.54) is 0 Å². The van der Waals surface area contributed by atoms with Crippen molar-refractivity contribution in [2.75, 3.05) is 19.6 Å². The second kappa shape index (κ2) is 5.77. The van der Waals surface area contributed by atoms with Crippen molar-refractivity contribution in [2.45, 2.75) is 13.8 Å². The number of nitrogens with zero attached hydrogens (tertiary/aromatic N) is 1. The van der Waals surface area contributed by atoms with Crippen molar-refractivity contribution in [1.82, 2.24) is 4.90 Å². The van der Waals surface area contributed by atoms with Gasteiger partial charge in [-0.2, -0.15) is 0 Å². The summed E-state index contributed by atoms with van der Waals surface area (Å²) in [7, 11) is 0. The summed E-state index contributed by atoms with van der Waals surface area (Å²) >= 11 is 0. The Morgan fingerprint density at radius 2 is 2.33 bits per heavy atom. The van der Waals surface area contributed by atoms with E-state index >= 15 is 0 Å². The molecule has 0 saturated heterocycles. The molecule has 0 rings (SSSR count). The number of carboxylic acid groups (broad SMARTS) is 1. The molecule has 0 aromatic heterocycles. The Balaban J connectivity index is 3.83. The van der Waals surface area contributed by atoms with Gasteiger partial charge in [0.1, 0.15) is 0 Å². The summed E-state index contributed by atoms with van der Waals surface area (Å²) in [6.07, 6.45) is 1.79. The Bertz CT molecular complexity index is 157. The Morgan fingerprint density at radius 1 is 1.75 bits per heavy atom. The van der Waals surface area contributed by atoms with E-state index in [1.54, 1.807) is 13.0 Å². The van der Waals surface area contributed by atoms with Crippen LogP contribution in [0.2, 0.25) is 0 Å². The predicted octanol–water partition coefficient (Wildman–Crippen LogP) is 1.21. The summed E-state index contributed by atoms with van der Waals surface area (Å²) in [6, 6.07) is 0. The average Bonchev–Trinajstić information content (AvgIpc) is 2.03. The van der Waals surface area contributed by atoms with E-state index in [2.05, 4.69) is 6.58 Å². The molecule has 3 heteroatoms. The first-order valence-electron chi connectivity index (χ1n) is 4.17. The minimum absolute atomic E-state index is 0.301. The van der Waals surface area contributed by atoms with E-state index in [0.717, 1.165) is 13.1 Å². The number of aliphatic carboxylic acids is 1. The van der Waals surface area contributed by atoms with Crippen molar-refractivity contribution >= 4 is 5.97 Å². The van der Waals surface area contributed by atoms with Gasteiger partial charge in [0.05, 0.1) is 5.92 Å². The summed E-state index contributed by atoms with van der Waals surface area (Å²) in [6.45, 7) is 9.56. The van der Waals surface area contributed by atoms with Crippen LogP contribution in [0.4, 0.5) is 0 Å². The van der Waals surface area contributed by atoms with E-state index in [0.29, 0.717) is 6.54 Å². The van der Waals surface area contributed by atoms with Crippen LogP contribution in [0.25, 0.3) is 0 Å². The van der Waals surface area contributed by atoms with Crippen molar-refractivity contribution < 1.29 is 9.90 Å². The number of hydrogen-bond acceptors (Lipinski definition) is 2. The third-order valence-corrected chi connectivity index (χ3v) is 1.79. The molecule has 0 spiro atoms. The highest BCUT2D eigenvalue weighted by Gasteiger charge is 2.13. The monoisotopic (exact) mass is 171 g/mol. The number of rotatable bonds is 6. The number of hydrogen-bond donors (Lipinski definition) is 1. The van der Waals surface area contributed by atoms with Crippen LogP contribution in [0.3, 0.4) is 0 Å². The normalized spacial score (nSPS) is 12.9. The fourth-order valence-electron chi connectivity index (χ4n) is 0.981. The number of carbonyl (C=O) groups is 1. The summed E-state index contributed by atoms with van der Waals surface area (Å²) in [5, 5.41) is 8.64. The van der Waals surface area contributed by atoms with E-state index in [4.69, 9.17) is 5.11 Å². The summed E-state index contributed by atoms with van der Waals surface area (Å²) in [5.74, 6) is -1.04. The Kier molecular flexibility index (Phi) is 5.37. The van der Waals surface area contributed by atoms with E-state index < -0.39 is 5.97 Å². The topological polar surface area (TPSA) is 40.5 Å². The van der Waals surface area contributed by atoms with Gasteiger partial charge in [-0.15, -0.1) is 6.58 Å². The van der Waals surface area contributed by atoms with Gasteiger partial charge in [-0.25, -0.2) is 0 Å². The molecule has 0 aliphatic rings. The van der Waals surface area contributed by atoms with Gasteiger partial charge in [0.2, 0.25) is 0 Å². The molecule has 0 radical (unpaired) electrons. The zero-order valence-electron chi connectivity index (χ0n) is 7.79. The van der Waals surface area contributed by atoms with Gasteiger partial charge < -0.3 is 5.11 Å². The molecule has 70 valence electrons. The van der Waals surface area contributed by atoms with Crippen LogP contribution in [-0.4, -0.2) is 35.6 Å². The molecule has 1 unspecified atom stereocenters. The molecule has 1 N–H and O–H groups in total. The van der Waals surface area contributed by atoms with Crippen LogP contribution < -0.4 is 0 Å². The molecule has 0 fully saturated rings. The minimum Gasteiger partial charge on any atom is -0.481 e. The summed E-state index contributed by atoms with van der Waals surface area (Å²) in [5.41, 5.74) is 0. The lowest BCUT2D eigenvalue weighted by Crippen LogP contribution is -2.31. The third-order valence-electron chi connectivity index (χ3n) is 1.79. The largest absolute Gasteiger partial charge is 0.481 e. The second-order valence-electron chi connectivity index (χ2n) is 2.88. The Labute approximate surface area is 73.7 Å². The maximum absolute atomic E-state index is 10.5. The second-order valence-corrected chi connectivity index (χ2v) is 2.88. The maximum Gasteiger partial charge on any atom is 0.307 e. The van der Waals surface area contributed by atoms with Crippen molar-refractivity contribution in [1.29, 1.82) is 0 Å². The van der Waals surface area contributed by atoms with Gasteiger partial charge in [0.25, 0.3) is 0 Å². The molecule has 0 bridgehead atoms. The molecule has 0 amide bonds. The van der Waals surface area contributed by atoms with Crippen molar-refractivity contribution in [2.24, 2.45) is 5.92 Å². The maximum atomic E-state index is 10.5. The van der Waals surface area contributed by atoms with Gasteiger partial charge >= 0.3 is 5.97 Å². The molecular weight excluding hydrogens is 154 g/mol. The van der Waals surface area contributed by atoms with Crippen LogP contribution in [0, 0.1) is 5.92 Å². The molecular formula is C9H17NO2. The van der Waals surface area contributed by atoms with Gasteiger partial charge in [0, 0.05) is 13.1 Å². The van der Waals surface area contributed by atoms with Gasteiger partial charge in [0.15, 0.2) is 0 Å². The van der Waals surface area contributed by atoms with Crippen LogP contribution in [0.1, 0.15) is 13.8 Å². The number of carboxylic acids is 1. The highest BCUT2D eigenvalue weighted by molar-refractivity contribution is 5.69. The molecule has 0 aromatic carbocycles. The lowest BCUT2D eigenvalue weighted by atomic mass is 10.2. The quantitative estimate of drug-likeness (QED) is 0.611. The Hall–Kier alpha value is -0.830. The van der Waals surface area contributed by atoms with E-state index in [-0.39, 0.29) is 5.92 Å². The fourth-order valence-corrected chi connectivity index (χ4v) is 0.981. The lowest BCUT2D eigenvalue weighted by Gasteiger charge is -2.20. The van der Waals surface area contributed by atoms with Crippen molar-refractivity contribution in [3.05, 3.63) is 12.7 Å². The first-order chi connectivity index (χ1) is 5.61. The molecule has 0 saturated carbocycles. The zero-order valence-corrected chi connectivity index (χ0v) is 7.79. The lowest BCUT2D eigenvalue weighted by molar-refractivity contribution is -0.141. The molecule has 0 aromatic rings. The van der Waals surface area contributed by atoms with E-state index in [9.17, 15) is 4.79 Å². The van der Waals surface area contributed by atoms with Gasteiger partial charge in [-0.1, -0.05) is 19.9 Å². The fraction of sp³-hybridized carbons (Fsp3) is 0.667. The average molecular weight is 171 g/mol. The molecule has 0 aliphatic carbocycles. The van der Waals surface area contributed by atoms with Gasteiger partial charge in [-0.05, 0) is 6.54 Å². The highest BCUT2D eigenvalue weighted by atomic mass is 16.4. The van der Waals surface area contributed by atoms with Crippen LogP contribution >= 0.6 is 0 Å². The Morgan fingerprint density at radius 3 is 2.67 bits per heavy atom. The van der Waals surface area contributed by atoms with Crippen LogP contribution in [-0.2, 0) is 4.79 Å². The summed E-state index contributed by atoms with van der Waals surface area (Å²) in [4.78, 5) is 12.5. The van der Waals surface area contributed by atoms with Crippen molar-refractivity contribution in [3.63, 3.8) is 0 Å². The summed E-state index contributed by atoms with van der Waals surface area (Å²) < 4.78 is 0. The van der Waals surface area contributed by atoms with Crippen LogP contribution in [0.15, 0.2) is 12.7 Å². The standard InChI is InChI=1S/C9H17NO2/c1-4-6-10(5-2)7-8(3)9(11)12/h4,8H,1,5-7H2,2-3H3,(H,11,12). The highest BCUT2D eigenvalue weighted by Crippen LogP contribution is 1.99. The molecule has 1 atom stereocenters. The van der Waals surface area contributed by atoms with Crippen molar-refractivity contribution in [3.8, 4) is 0 Å². The molecule has 0 heterocycles. The zero-order chi connectivity index (χ0) is 9.56. The molecule has 3 nitrogen and oxygen atoms in total. The number of likely N-dealkylation sites (N-methyl/N-ethyl adjacent to an activating group) is 1. The van der Waals surface area contributed by atoms with Crippen LogP contribution in [0.5, 0.6) is 0 Å².